The number of esters is 1. The standard InChI is InChI=1S/C18H19NO3/c1-12(10-18(20)21-3)16-6-7-17(22-16)14-4-5-15-13(11-14)8-9-19(15)2/h4-7,10-11H,8-9H2,1-3H3/b12-10+. The minimum absolute atomic E-state index is 0.379. The van der Waals surface area contributed by atoms with Crippen LogP contribution in [-0.4, -0.2) is 26.7 Å². The maximum Gasteiger partial charge on any atom is 0.330 e. The lowest BCUT2D eigenvalue weighted by Gasteiger charge is -2.11. The highest BCUT2D eigenvalue weighted by Crippen LogP contribution is 2.32. The summed E-state index contributed by atoms with van der Waals surface area (Å²) in [6.07, 6.45) is 2.49. The van der Waals surface area contributed by atoms with Gasteiger partial charge in [-0.05, 0) is 54.8 Å². The fourth-order valence-corrected chi connectivity index (χ4v) is 2.73. The molecule has 4 nitrogen and oxygen atoms in total. The van der Waals surface area contributed by atoms with E-state index in [4.69, 9.17) is 4.42 Å². The highest BCUT2D eigenvalue weighted by molar-refractivity contribution is 5.90. The second-order valence-electron chi connectivity index (χ2n) is 5.53. The molecule has 114 valence electrons. The van der Waals surface area contributed by atoms with Gasteiger partial charge in [-0.25, -0.2) is 4.79 Å². The molecular formula is C18H19NO3. The first-order chi connectivity index (χ1) is 10.6. The summed E-state index contributed by atoms with van der Waals surface area (Å²) in [6, 6.07) is 10.2. The van der Waals surface area contributed by atoms with Crippen LogP contribution in [0.4, 0.5) is 5.69 Å². The third-order valence-electron chi connectivity index (χ3n) is 4.02. The molecule has 0 unspecified atom stereocenters. The summed E-state index contributed by atoms with van der Waals surface area (Å²) < 4.78 is 10.5. The molecule has 0 bridgehead atoms. The largest absolute Gasteiger partial charge is 0.466 e. The van der Waals surface area contributed by atoms with Gasteiger partial charge in [-0.15, -0.1) is 0 Å². The van der Waals surface area contributed by atoms with Crippen LogP contribution in [0.25, 0.3) is 16.9 Å². The molecule has 0 radical (unpaired) electrons. The number of benzene rings is 1. The molecule has 0 saturated heterocycles. The number of furan rings is 1. The maximum absolute atomic E-state index is 11.3. The van der Waals surface area contributed by atoms with E-state index in [0.717, 1.165) is 29.9 Å². The third kappa shape index (κ3) is 2.64. The van der Waals surface area contributed by atoms with E-state index in [1.807, 2.05) is 19.1 Å². The Bertz CT molecular complexity index is 743. The third-order valence-corrected chi connectivity index (χ3v) is 4.02. The normalized spacial score (nSPS) is 14.1. The number of likely N-dealkylation sites (N-methyl/N-ethyl adjacent to an activating group) is 1. The van der Waals surface area contributed by atoms with Crippen LogP contribution < -0.4 is 4.90 Å². The van der Waals surface area contributed by atoms with Gasteiger partial charge in [0.1, 0.15) is 11.5 Å². The predicted molar refractivity (Wildman–Crippen MR) is 86.8 cm³/mol. The number of carbonyl (C=O) groups excluding carboxylic acids is 1. The SMILES string of the molecule is COC(=O)/C=C(\C)c1ccc(-c2ccc3c(c2)CCN3C)o1. The van der Waals surface area contributed by atoms with Crippen molar-refractivity contribution in [1.82, 2.24) is 0 Å². The van der Waals surface area contributed by atoms with Crippen molar-refractivity contribution < 1.29 is 13.9 Å². The van der Waals surface area contributed by atoms with Gasteiger partial charge in [0.05, 0.1) is 7.11 Å². The number of carbonyl (C=O) groups is 1. The number of hydrogen-bond acceptors (Lipinski definition) is 4. The maximum atomic E-state index is 11.3. The average molecular weight is 297 g/mol. The van der Waals surface area contributed by atoms with Gasteiger partial charge in [-0.1, -0.05) is 0 Å². The zero-order valence-corrected chi connectivity index (χ0v) is 13.1. The van der Waals surface area contributed by atoms with E-state index < -0.39 is 0 Å². The van der Waals surface area contributed by atoms with Gasteiger partial charge in [-0.3, -0.25) is 0 Å². The molecule has 0 aliphatic carbocycles. The zero-order valence-electron chi connectivity index (χ0n) is 13.1. The second kappa shape index (κ2) is 5.72. The Morgan fingerprint density at radius 2 is 2.14 bits per heavy atom. The molecule has 0 amide bonds. The molecular weight excluding hydrogens is 278 g/mol. The molecule has 2 aromatic rings. The van der Waals surface area contributed by atoms with Crippen LogP contribution in [0.3, 0.4) is 0 Å². The van der Waals surface area contributed by atoms with Gasteiger partial charge in [0.15, 0.2) is 0 Å². The van der Waals surface area contributed by atoms with E-state index in [1.165, 1.54) is 24.4 Å². The number of nitrogens with zero attached hydrogens (tertiary/aromatic N) is 1. The number of allylic oxidation sites excluding steroid dienone is 1. The molecule has 3 rings (SSSR count). The van der Waals surface area contributed by atoms with Gasteiger partial charge in [-0.2, -0.15) is 0 Å². The Kier molecular flexibility index (Phi) is 3.75. The minimum Gasteiger partial charge on any atom is -0.466 e. The number of fused-ring (bicyclic) bond motifs is 1. The fourth-order valence-electron chi connectivity index (χ4n) is 2.73. The smallest absolute Gasteiger partial charge is 0.330 e. The van der Waals surface area contributed by atoms with Crippen molar-refractivity contribution >= 4 is 17.2 Å². The van der Waals surface area contributed by atoms with E-state index in [-0.39, 0.29) is 5.97 Å². The highest BCUT2D eigenvalue weighted by Gasteiger charge is 2.17. The Balaban J connectivity index is 1.88. The van der Waals surface area contributed by atoms with Gasteiger partial charge in [0.25, 0.3) is 0 Å². The van der Waals surface area contributed by atoms with Crippen LogP contribution in [0.2, 0.25) is 0 Å². The number of anilines is 1. The molecule has 1 aromatic heterocycles. The molecule has 2 heterocycles. The number of methoxy groups -OCH3 is 1. The molecule has 1 aliphatic heterocycles. The summed E-state index contributed by atoms with van der Waals surface area (Å²) >= 11 is 0. The Labute approximate surface area is 130 Å². The topological polar surface area (TPSA) is 42.7 Å². The van der Waals surface area contributed by atoms with Crippen molar-refractivity contribution in [3.05, 3.63) is 47.7 Å². The number of ether oxygens (including phenoxy) is 1. The summed E-state index contributed by atoms with van der Waals surface area (Å²) in [5.41, 5.74) is 4.45. The van der Waals surface area contributed by atoms with Crippen LogP contribution in [0, 0.1) is 0 Å². The van der Waals surface area contributed by atoms with E-state index in [2.05, 4.69) is 34.9 Å². The van der Waals surface area contributed by atoms with Crippen LogP contribution in [0.15, 0.2) is 40.8 Å². The van der Waals surface area contributed by atoms with Gasteiger partial charge in [0.2, 0.25) is 0 Å². The molecule has 0 spiro atoms. The summed E-state index contributed by atoms with van der Waals surface area (Å²) in [7, 11) is 3.47. The first-order valence-corrected chi connectivity index (χ1v) is 7.29. The molecule has 1 aromatic carbocycles. The van der Waals surface area contributed by atoms with Crippen molar-refractivity contribution in [1.29, 1.82) is 0 Å². The lowest BCUT2D eigenvalue weighted by Crippen LogP contribution is -2.12. The first kappa shape index (κ1) is 14.4. The molecule has 0 fully saturated rings. The van der Waals surface area contributed by atoms with Gasteiger partial charge < -0.3 is 14.1 Å². The van der Waals surface area contributed by atoms with E-state index in [1.54, 1.807) is 0 Å². The average Bonchev–Trinajstić information content (AvgIpc) is 3.14. The van der Waals surface area contributed by atoms with Crippen LogP contribution in [0.5, 0.6) is 0 Å². The van der Waals surface area contributed by atoms with Crippen molar-refractivity contribution in [3.8, 4) is 11.3 Å². The number of rotatable bonds is 3. The number of hydrogen-bond donors (Lipinski definition) is 0. The fraction of sp³-hybridized carbons (Fsp3) is 0.278. The van der Waals surface area contributed by atoms with Crippen LogP contribution in [0.1, 0.15) is 18.2 Å². The Hall–Kier alpha value is -2.49. The minimum atomic E-state index is -0.379. The van der Waals surface area contributed by atoms with Crippen molar-refractivity contribution in [2.75, 3.05) is 25.6 Å². The summed E-state index contributed by atoms with van der Waals surface area (Å²) in [5.74, 6) is 1.11. The lowest BCUT2D eigenvalue weighted by atomic mass is 10.1. The molecule has 4 heteroatoms. The van der Waals surface area contributed by atoms with Crippen molar-refractivity contribution in [2.24, 2.45) is 0 Å². The zero-order chi connectivity index (χ0) is 15.7. The van der Waals surface area contributed by atoms with Crippen molar-refractivity contribution in [2.45, 2.75) is 13.3 Å². The van der Waals surface area contributed by atoms with Crippen molar-refractivity contribution in [3.63, 3.8) is 0 Å². The van der Waals surface area contributed by atoms with Crippen LogP contribution >= 0.6 is 0 Å². The molecule has 1 aliphatic rings. The van der Waals surface area contributed by atoms with E-state index in [9.17, 15) is 4.79 Å². The van der Waals surface area contributed by atoms with E-state index >= 15 is 0 Å². The monoisotopic (exact) mass is 297 g/mol. The second-order valence-corrected chi connectivity index (χ2v) is 5.53. The molecule has 0 N–H and O–H groups in total. The summed E-state index contributed by atoms with van der Waals surface area (Å²) in [6.45, 7) is 2.89. The van der Waals surface area contributed by atoms with E-state index in [0.29, 0.717) is 5.76 Å². The van der Waals surface area contributed by atoms with Gasteiger partial charge in [0, 0.05) is 30.9 Å². The summed E-state index contributed by atoms with van der Waals surface area (Å²) in [4.78, 5) is 13.5. The Morgan fingerprint density at radius 3 is 2.91 bits per heavy atom. The lowest BCUT2D eigenvalue weighted by molar-refractivity contribution is -0.134. The molecule has 0 saturated carbocycles. The Morgan fingerprint density at radius 1 is 1.32 bits per heavy atom. The van der Waals surface area contributed by atoms with Gasteiger partial charge >= 0.3 is 5.97 Å². The first-order valence-electron chi connectivity index (χ1n) is 7.29. The molecule has 0 atom stereocenters. The highest BCUT2D eigenvalue weighted by atomic mass is 16.5. The summed E-state index contributed by atoms with van der Waals surface area (Å²) in [5, 5.41) is 0. The predicted octanol–water partition coefficient (Wildman–Crippen LogP) is 3.52. The molecule has 22 heavy (non-hydrogen) atoms. The van der Waals surface area contributed by atoms with Crippen LogP contribution in [-0.2, 0) is 16.0 Å². The quantitative estimate of drug-likeness (QED) is 0.642.